The summed E-state index contributed by atoms with van der Waals surface area (Å²) in [5.41, 5.74) is 6.06. The summed E-state index contributed by atoms with van der Waals surface area (Å²) in [7, 11) is 0. The summed E-state index contributed by atoms with van der Waals surface area (Å²) < 4.78 is 10.3. The van der Waals surface area contributed by atoms with Crippen molar-refractivity contribution in [2.24, 2.45) is 5.73 Å². The van der Waals surface area contributed by atoms with Crippen molar-refractivity contribution in [1.82, 2.24) is 0 Å². The van der Waals surface area contributed by atoms with Crippen LogP contribution in [0.3, 0.4) is 0 Å². The Hall–Kier alpha value is -2.58. The van der Waals surface area contributed by atoms with Crippen LogP contribution in [-0.4, -0.2) is 31.0 Å². The minimum atomic E-state index is -0.712. The molecule has 0 bridgehead atoms. The van der Waals surface area contributed by atoms with Gasteiger partial charge in [-0.3, -0.25) is 9.59 Å². The van der Waals surface area contributed by atoms with Crippen LogP contribution in [0.2, 0.25) is 5.02 Å². The van der Waals surface area contributed by atoms with Gasteiger partial charge < -0.3 is 20.5 Å². The Bertz CT molecular complexity index is 850. The predicted octanol–water partition coefficient (Wildman–Crippen LogP) is 3.00. The third-order valence-electron chi connectivity index (χ3n) is 3.21. The molecule has 0 unspecified atom stereocenters. The normalized spacial score (nSPS) is 10.3. The van der Waals surface area contributed by atoms with E-state index in [1.807, 2.05) is 0 Å². The molecule has 0 fully saturated rings. The van der Waals surface area contributed by atoms with Crippen molar-refractivity contribution in [3.8, 4) is 5.75 Å². The van der Waals surface area contributed by atoms with Gasteiger partial charge in [0.1, 0.15) is 10.6 Å². The van der Waals surface area contributed by atoms with Crippen LogP contribution in [-0.2, 0) is 9.53 Å². The molecule has 1 aromatic heterocycles. The van der Waals surface area contributed by atoms with Crippen molar-refractivity contribution in [1.29, 1.82) is 0 Å². The van der Waals surface area contributed by atoms with Gasteiger partial charge in [0.15, 0.2) is 6.61 Å². The fourth-order valence-electron chi connectivity index (χ4n) is 2.08. The molecule has 0 saturated heterocycles. The van der Waals surface area contributed by atoms with Crippen LogP contribution < -0.4 is 15.8 Å². The molecule has 7 nitrogen and oxygen atoms in total. The highest BCUT2D eigenvalue weighted by molar-refractivity contribution is 7.18. The molecule has 0 spiro atoms. The number of ether oxygens (including phenoxy) is 2. The molecule has 0 radical (unpaired) electrons. The summed E-state index contributed by atoms with van der Waals surface area (Å²) in [5, 5.41) is 3.46. The van der Waals surface area contributed by atoms with Crippen LogP contribution in [0.25, 0.3) is 0 Å². The van der Waals surface area contributed by atoms with Crippen LogP contribution in [0.5, 0.6) is 5.75 Å². The molecule has 26 heavy (non-hydrogen) atoms. The van der Waals surface area contributed by atoms with E-state index in [2.05, 4.69) is 5.32 Å². The number of aryl methyl sites for hydroxylation is 1. The van der Waals surface area contributed by atoms with Gasteiger partial charge in [0, 0.05) is 5.02 Å². The third kappa shape index (κ3) is 4.96. The molecule has 2 amide bonds. The number of nitrogens with two attached hydrogens (primary N) is 1. The predicted molar refractivity (Wildman–Crippen MR) is 99.1 cm³/mol. The summed E-state index contributed by atoms with van der Waals surface area (Å²) in [4.78, 5) is 35.7. The highest BCUT2D eigenvalue weighted by Crippen LogP contribution is 2.27. The van der Waals surface area contributed by atoms with E-state index in [1.54, 1.807) is 19.9 Å². The average Bonchev–Trinajstić information content (AvgIpc) is 2.94. The second kappa shape index (κ2) is 8.68. The maximum Gasteiger partial charge on any atom is 0.348 e. The van der Waals surface area contributed by atoms with Crippen molar-refractivity contribution in [2.75, 3.05) is 18.5 Å². The first-order valence-corrected chi connectivity index (χ1v) is 8.80. The van der Waals surface area contributed by atoms with Crippen molar-refractivity contribution >= 4 is 45.7 Å². The van der Waals surface area contributed by atoms with E-state index in [1.165, 1.54) is 18.2 Å². The first-order chi connectivity index (χ1) is 12.3. The van der Waals surface area contributed by atoms with Crippen molar-refractivity contribution in [3.05, 3.63) is 45.3 Å². The van der Waals surface area contributed by atoms with Crippen molar-refractivity contribution in [2.45, 2.75) is 13.8 Å². The summed E-state index contributed by atoms with van der Waals surface area (Å²) in [6, 6.07) is 6.02. The van der Waals surface area contributed by atoms with Gasteiger partial charge in [0.2, 0.25) is 0 Å². The maximum absolute atomic E-state index is 12.1. The zero-order valence-corrected chi connectivity index (χ0v) is 15.7. The van der Waals surface area contributed by atoms with E-state index in [-0.39, 0.29) is 24.5 Å². The van der Waals surface area contributed by atoms with E-state index in [0.717, 1.165) is 11.3 Å². The zero-order valence-electron chi connectivity index (χ0n) is 14.1. The number of hydrogen-bond acceptors (Lipinski definition) is 6. The largest absolute Gasteiger partial charge is 0.483 e. The minimum Gasteiger partial charge on any atom is -0.483 e. The Morgan fingerprint density at radius 3 is 2.65 bits per heavy atom. The van der Waals surface area contributed by atoms with E-state index in [9.17, 15) is 14.4 Å². The summed E-state index contributed by atoms with van der Waals surface area (Å²) in [6.45, 7) is 3.41. The Labute approximate surface area is 159 Å². The lowest BCUT2D eigenvalue weighted by atomic mass is 10.2. The van der Waals surface area contributed by atoms with E-state index < -0.39 is 17.8 Å². The number of hydrogen-bond donors (Lipinski definition) is 2. The number of rotatable bonds is 7. The smallest absolute Gasteiger partial charge is 0.348 e. The first kappa shape index (κ1) is 19.7. The highest BCUT2D eigenvalue weighted by Gasteiger charge is 2.17. The second-order valence-electron chi connectivity index (χ2n) is 5.18. The monoisotopic (exact) mass is 396 g/mol. The van der Waals surface area contributed by atoms with Gasteiger partial charge in [0.05, 0.1) is 17.2 Å². The maximum atomic E-state index is 12.1. The molecule has 2 aromatic rings. The number of carbonyl (C=O) groups is 3. The molecular weight excluding hydrogens is 380 g/mol. The summed E-state index contributed by atoms with van der Waals surface area (Å²) >= 11 is 6.93. The van der Waals surface area contributed by atoms with Gasteiger partial charge in [-0.15, -0.1) is 11.3 Å². The Kier molecular flexibility index (Phi) is 6.59. The van der Waals surface area contributed by atoms with Gasteiger partial charge in [-0.1, -0.05) is 11.6 Å². The zero-order chi connectivity index (χ0) is 19.3. The fourth-order valence-corrected chi connectivity index (χ4v) is 3.24. The Morgan fingerprint density at radius 2 is 2.00 bits per heavy atom. The van der Waals surface area contributed by atoms with Gasteiger partial charge >= 0.3 is 5.97 Å². The standard InChI is InChI=1S/C17H17ClN2O5S/c1-3-24-17(23)15-9(2)6-14(26-15)20-13(21)8-25-12-5-4-10(18)7-11(12)16(19)22/h4-7H,3,8H2,1-2H3,(H2,19,22)(H,20,21). The lowest BCUT2D eigenvalue weighted by molar-refractivity contribution is -0.118. The van der Waals surface area contributed by atoms with E-state index >= 15 is 0 Å². The fraction of sp³-hybridized carbons (Fsp3) is 0.235. The molecule has 9 heteroatoms. The van der Waals surface area contributed by atoms with Crippen LogP contribution >= 0.6 is 22.9 Å². The Morgan fingerprint density at radius 1 is 1.27 bits per heavy atom. The number of benzene rings is 1. The number of carbonyl (C=O) groups excluding carboxylic acids is 3. The van der Waals surface area contributed by atoms with E-state index in [0.29, 0.717) is 20.5 Å². The molecule has 1 aromatic carbocycles. The molecule has 0 saturated carbocycles. The molecule has 0 aliphatic heterocycles. The number of thiophene rings is 1. The lowest BCUT2D eigenvalue weighted by Crippen LogP contribution is -2.21. The van der Waals surface area contributed by atoms with E-state index in [4.69, 9.17) is 26.8 Å². The van der Waals surface area contributed by atoms with Crippen LogP contribution in [0, 0.1) is 6.92 Å². The van der Waals surface area contributed by atoms with Crippen LogP contribution in [0.1, 0.15) is 32.5 Å². The lowest BCUT2D eigenvalue weighted by Gasteiger charge is -2.09. The number of halogens is 1. The van der Waals surface area contributed by atoms with Crippen molar-refractivity contribution in [3.63, 3.8) is 0 Å². The van der Waals surface area contributed by atoms with Crippen LogP contribution in [0.15, 0.2) is 24.3 Å². The third-order valence-corrected chi connectivity index (χ3v) is 4.57. The molecular formula is C17H17ClN2O5S. The van der Waals surface area contributed by atoms with Gasteiger partial charge in [-0.25, -0.2) is 4.79 Å². The molecule has 0 atom stereocenters. The summed E-state index contributed by atoms with van der Waals surface area (Å²) in [5.74, 6) is -1.44. The molecule has 3 N–H and O–H groups in total. The number of amides is 2. The number of anilines is 1. The number of esters is 1. The molecule has 0 aliphatic carbocycles. The molecule has 138 valence electrons. The molecule has 0 aliphatic rings. The van der Waals surface area contributed by atoms with Gasteiger partial charge in [-0.2, -0.15) is 0 Å². The average molecular weight is 397 g/mol. The second-order valence-corrected chi connectivity index (χ2v) is 6.67. The minimum absolute atomic E-state index is 0.0851. The first-order valence-electron chi connectivity index (χ1n) is 7.61. The van der Waals surface area contributed by atoms with Crippen LogP contribution in [0.4, 0.5) is 5.00 Å². The quantitative estimate of drug-likeness (QED) is 0.699. The highest BCUT2D eigenvalue weighted by atomic mass is 35.5. The van der Waals surface area contributed by atoms with Crippen molar-refractivity contribution < 1.29 is 23.9 Å². The van der Waals surface area contributed by atoms with Gasteiger partial charge in [0.25, 0.3) is 11.8 Å². The summed E-state index contributed by atoms with van der Waals surface area (Å²) in [6.07, 6.45) is 0. The topological polar surface area (TPSA) is 108 Å². The van der Waals surface area contributed by atoms with Gasteiger partial charge in [-0.05, 0) is 43.7 Å². The Balaban J connectivity index is 2.01. The molecule has 2 rings (SSSR count). The molecule has 1 heterocycles. The number of primary amides is 1. The number of nitrogens with one attached hydrogen (secondary N) is 1. The SMILES string of the molecule is CCOC(=O)c1sc(NC(=O)COc2ccc(Cl)cc2C(N)=O)cc1C.